The van der Waals surface area contributed by atoms with Gasteiger partial charge in [0.05, 0.1) is 29.7 Å². The number of nitrogens with zero attached hydrogens (tertiary/aromatic N) is 1. The number of rotatable bonds is 8. The fourth-order valence-corrected chi connectivity index (χ4v) is 5.43. The third-order valence-corrected chi connectivity index (χ3v) is 8.56. The normalized spacial score (nSPS) is 34.8. The second-order valence-electron chi connectivity index (χ2n) is 10.9. The van der Waals surface area contributed by atoms with Crippen LogP contribution in [0.15, 0.2) is 30.3 Å². The van der Waals surface area contributed by atoms with Crippen molar-refractivity contribution >= 4 is 12.1 Å². The molecule has 2 aliphatic heterocycles. The number of carbonyl (C=O) groups excluding carboxylic acids is 2. The molecular weight excluding hydrogens is 462 g/mol. The number of carbonyl (C=O) groups is 2. The van der Waals surface area contributed by atoms with Crippen molar-refractivity contribution in [3.05, 3.63) is 35.9 Å². The van der Waals surface area contributed by atoms with E-state index in [1.54, 1.807) is 0 Å². The SMILES string of the molecule is CCC1(COC(=O)OCc2ccccc2)COC2(CC(C)(CC)N(OC(C)=O)C(C)(CC)C2C)OC1. The van der Waals surface area contributed by atoms with Crippen molar-refractivity contribution in [3.63, 3.8) is 0 Å². The van der Waals surface area contributed by atoms with Crippen molar-refractivity contribution in [2.24, 2.45) is 11.3 Å². The average Bonchev–Trinajstić information content (AvgIpc) is 2.89. The van der Waals surface area contributed by atoms with E-state index in [2.05, 4.69) is 34.6 Å². The Morgan fingerprint density at radius 2 is 1.64 bits per heavy atom. The van der Waals surface area contributed by atoms with Crippen LogP contribution in [0.25, 0.3) is 0 Å². The van der Waals surface area contributed by atoms with Crippen LogP contribution in [0, 0.1) is 11.3 Å². The minimum absolute atomic E-state index is 0.0828. The molecule has 1 aromatic carbocycles. The first-order valence-corrected chi connectivity index (χ1v) is 13.1. The maximum absolute atomic E-state index is 12.3. The molecule has 0 N–H and O–H groups in total. The number of hydroxylamine groups is 2. The van der Waals surface area contributed by atoms with Crippen molar-refractivity contribution in [1.82, 2.24) is 5.06 Å². The topological polar surface area (TPSA) is 83.5 Å². The minimum Gasteiger partial charge on any atom is -0.434 e. The monoisotopic (exact) mass is 505 g/mol. The lowest BCUT2D eigenvalue weighted by Gasteiger charge is -2.63. The summed E-state index contributed by atoms with van der Waals surface area (Å²) in [6, 6.07) is 9.49. The first-order chi connectivity index (χ1) is 17.0. The van der Waals surface area contributed by atoms with Crippen molar-refractivity contribution < 1.29 is 33.4 Å². The zero-order valence-corrected chi connectivity index (χ0v) is 22.9. The second-order valence-corrected chi connectivity index (χ2v) is 10.9. The van der Waals surface area contributed by atoms with Gasteiger partial charge in [-0.25, -0.2) is 4.79 Å². The molecule has 36 heavy (non-hydrogen) atoms. The lowest BCUT2D eigenvalue weighted by Crippen LogP contribution is -2.74. The van der Waals surface area contributed by atoms with Gasteiger partial charge in [-0.05, 0) is 38.7 Å². The minimum atomic E-state index is -0.835. The van der Waals surface area contributed by atoms with Gasteiger partial charge < -0.3 is 23.8 Å². The Morgan fingerprint density at radius 1 is 1.00 bits per heavy atom. The Kier molecular flexibility index (Phi) is 8.74. The highest BCUT2D eigenvalue weighted by molar-refractivity contribution is 5.65. The van der Waals surface area contributed by atoms with Crippen molar-refractivity contribution in [2.45, 2.75) is 97.6 Å². The zero-order chi connectivity index (χ0) is 26.6. The summed E-state index contributed by atoms with van der Waals surface area (Å²) in [4.78, 5) is 30.1. The molecule has 1 spiro atoms. The van der Waals surface area contributed by atoms with Crippen LogP contribution in [0.1, 0.15) is 79.7 Å². The van der Waals surface area contributed by atoms with E-state index in [1.807, 2.05) is 42.3 Å². The van der Waals surface area contributed by atoms with Crippen LogP contribution in [0.5, 0.6) is 0 Å². The highest BCUT2D eigenvalue weighted by Crippen LogP contribution is 2.54. The van der Waals surface area contributed by atoms with Crippen LogP contribution < -0.4 is 0 Å². The van der Waals surface area contributed by atoms with Crippen LogP contribution in [0.4, 0.5) is 4.79 Å². The van der Waals surface area contributed by atoms with Crippen LogP contribution in [-0.2, 0) is 35.2 Å². The summed E-state index contributed by atoms with van der Waals surface area (Å²) in [5.41, 5.74) is -0.515. The van der Waals surface area contributed by atoms with Gasteiger partial charge in [-0.3, -0.25) is 4.79 Å². The Bertz CT molecular complexity index is 898. The van der Waals surface area contributed by atoms with Crippen molar-refractivity contribution in [2.75, 3.05) is 19.8 Å². The van der Waals surface area contributed by atoms with E-state index in [0.29, 0.717) is 19.6 Å². The maximum atomic E-state index is 12.3. The highest BCUT2D eigenvalue weighted by Gasteiger charge is 2.64. The summed E-state index contributed by atoms with van der Waals surface area (Å²) in [7, 11) is 0. The smallest absolute Gasteiger partial charge is 0.434 e. The molecule has 3 atom stereocenters. The Labute approximate surface area is 215 Å². The van der Waals surface area contributed by atoms with Crippen LogP contribution in [-0.4, -0.2) is 53.9 Å². The zero-order valence-electron chi connectivity index (χ0n) is 22.9. The quantitative estimate of drug-likeness (QED) is 0.420. The van der Waals surface area contributed by atoms with E-state index in [1.165, 1.54) is 6.92 Å². The van der Waals surface area contributed by atoms with Gasteiger partial charge in [-0.2, -0.15) is 0 Å². The number of benzene rings is 1. The van der Waals surface area contributed by atoms with E-state index in [-0.39, 0.29) is 25.1 Å². The molecule has 0 amide bonds. The van der Waals surface area contributed by atoms with Gasteiger partial charge in [-0.15, -0.1) is 5.06 Å². The third kappa shape index (κ3) is 5.55. The van der Waals surface area contributed by atoms with E-state index in [0.717, 1.165) is 24.8 Å². The molecule has 0 radical (unpaired) electrons. The lowest BCUT2D eigenvalue weighted by atomic mass is 9.66. The van der Waals surface area contributed by atoms with Crippen LogP contribution in [0.3, 0.4) is 0 Å². The predicted octanol–water partition coefficient (Wildman–Crippen LogP) is 5.64. The summed E-state index contributed by atoms with van der Waals surface area (Å²) in [5, 5.41) is 1.89. The van der Waals surface area contributed by atoms with Gasteiger partial charge in [0.15, 0.2) is 5.79 Å². The molecule has 2 aliphatic rings. The van der Waals surface area contributed by atoms with Gasteiger partial charge in [0, 0.05) is 19.3 Å². The lowest BCUT2D eigenvalue weighted by molar-refractivity contribution is -0.403. The van der Waals surface area contributed by atoms with Crippen LogP contribution in [0.2, 0.25) is 0 Å². The van der Waals surface area contributed by atoms with Gasteiger partial charge in [0.2, 0.25) is 0 Å². The number of hydrogen-bond acceptors (Lipinski definition) is 8. The summed E-state index contributed by atoms with van der Waals surface area (Å²) in [5.74, 6) is -1.25. The molecule has 3 unspecified atom stereocenters. The Hall–Kier alpha value is -2.16. The standard InChI is InChI=1S/C28H43NO7/c1-8-25(6)17-28(21(4)26(7,9-2)29(25)36-22(5)30)34-19-27(10-3,20-35-28)18-33-24(31)32-16-23-14-12-11-13-15-23/h11-15,21H,8-10,16-20H2,1-7H3. The number of ether oxygens (including phenoxy) is 4. The summed E-state index contributed by atoms with van der Waals surface area (Å²) in [6.07, 6.45) is 2.08. The summed E-state index contributed by atoms with van der Waals surface area (Å²) < 4.78 is 24.0. The van der Waals surface area contributed by atoms with E-state index >= 15 is 0 Å². The molecule has 0 bridgehead atoms. The Morgan fingerprint density at radius 3 is 2.17 bits per heavy atom. The van der Waals surface area contributed by atoms with Crippen molar-refractivity contribution in [1.29, 1.82) is 0 Å². The predicted molar refractivity (Wildman–Crippen MR) is 135 cm³/mol. The average molecular weight is 506 g/mol. The van der Waals surface area contributed by atoms with Gasteiger partial charge in [0.25, 0.3) is 0 Å². The molecule has 2 fully saturated rings. The molecule has 1 aromatic rings. The summed E-state index contributed by atoms with van der Waals surface area (Å²) >= 11 is 0. The fraction of sp³-hybridized carbons (Fsp3) is 0.714. The van der Waals surface area contributed by atoms with E-state index in [4.69, 9.17) is 23.8 Å². The molecule has 2 saturated heterocycles. The van der Waals surface area contributed by atoms with Crippen LogP contribution >= 0.6 is 0 Å². The maximum Gasteiger partial charge on any atom is 0.508 e. The molecule has 0 aliphatic carbocycles. The molecule has 3 rings (SSSR count). The molecule has 2 heterocycles. The largest absolute Gasteiger partial charge is 0.508 e. The second kappa shape index (κ2) is 11.1. The van der Waals surface area contributed by atoms with Gasteiger partial charge >= 0.3 is 12.1 Å². The van der Waals surface area contributed by atoms with Gasteiger partial charge in [0.1, 0.15) is 13.2 Å². The number of piperidine rings is 1. The van der Waals surface area contributed by atoms with E-state index < -0.39 is 28.4 Å². The Balaban J connectivity index is 1.69. The summed E-state index contributed by atoms with van der Waals surface area (Å²) in [6.45, 7) is 15.1. The molecule has 0 aromatic heterocycles. The highest BCUT2D eigenvalue weighted by atomic mass is 16.7. The van der Waals surface area contributed by atoms with Gasteiger partial charge in [-0.1, -0.05) is 58.0 Å². The fourth-order valence-electron chi connectivity index (χ4n) is 5.43. The molecule has 8 nitrogen and oxygen atoms in total. The third-order valence-electron chi connectivity index (χ3n) is 8.56. The first-order valence-electron chi connectivity index (χ1n) is 13.1. The molecule has 202 valence electrons. The number of hydrogen-bond donors (Lipinski definition) is 0. The van der Waals surface area contributed by atoms with E-state index in [9.17, 15) is 9.59 Å². The molecule has 0 saturated carbocycles. The first kappa shape index (κ1) is 28.4. The van der Waals surface area contributed by atoms with Crippen molar-refractivity contribution in [3.8, 4) is 0 Å². The molecular formula is C28H43NO7. The molecule has 8 heteroatoms.